The number of hydrogen-bond donors (Lipinski definition) is 1. The molecule has 0 fully saturated rings. The summed E-state index contributed by atoms with van der Waals surface area (Å²) < 4.78 is 5.93. The molecule has 1 N–H and O–H groups in total. The normalized spacial score (nSPS) is 12.9. The van der Waals surface area contributed by atoms with Crippen LogP contribution < -0.4 is 10.1 Å². The van der Waals surface area contributed by atoms with Crippen molar-refractivity contribution in [1.29, 1.82) is 10.5 Å². The molecule has 0 aliphatic heterocycles. The maximum Gasteiger partial charge on any atom is 0.266 e. The van der Waals surface area contributed by atoms with Gasteiger partial charge in [-0.1, -0.05) is 41.9 Å². The highest BCUT2D eigenvalue weighted by atomic mass is 35.5. The van der Waals surface area contributed by atoms with Crippen molar-refractivity contribution in [2.24, 2.45) is 0 Å². The summed E-state index contributed by atoms with van der Waals surface area (Å²) in [6.45, 7) is 0.322. The lowest BCUT2D eigenvalue weighted by Gasteiger charge is -2.10. The van der Waals surface area contributed by atoms with E-state index in [1.807, 2.05) is 30.3 Å². The number of fused-ring (bicyclic) bond motifs is 1. The van der Waals surface area contributed by atoms with E-state index in [1.54, 1.807) is 24.3 Å². The number of carbonyl (C=O) groups is 1. The fourth-order valence-corrected chi connectivity index (χ4v) is 5.08. The van der Waals surface area contributed by atoms with E-state index in [1.165, 1.54) is 17.4 Å². The van der Waals surface area contributed by atoms with Crippen molar-refractivity contribution in [1.82, 2.24) is 0 Å². The minimum atomic E-state index is -0.542. The van der Waals surface area contributed by atoms with Crippen LogP contribution in [-0.2, 0) is 24.2 Å². The highest BCUT2D eigenvalue weighted by molar-refractivity contribution is 7.16. The third-order valence-electron chi connectivity index (χ3n) is 5.40. The summed E-state index contributed by atoms with van der Waals surface area (Å²) in [6.07, 6.45) is 5.41. The number of aryl methyl sites for hydroxylation is 1. The number of rotatable bonds is 6. The average Bonchev–Trinajstić information content (AvgIpc) is 3.19. The van der Waals surface area contributed by atoms with Gasteiger partial charge in [-0.05, 0) is 61.1 Å². The summed E-state index contributed by atoms with van der Waals surface area (Å²) in [5.41, 5.74) is 3.05. The zero-order chi connectivity index (χ0) is 23.2. The van der Waals surface area contributed by atoms with Gasteiger partial charge in [-0.25, -0.2) is 0 Å². The van der Waals surface area contributed by atoms with Crippen LogP contribution in [0.4, 0.5) is 5.00 Å². The van der Waals surface area contributed by atoms with Crippen molar-refractivity contribution in [2.75, 3.05) is 5.32 Å². The lowest BCUT2D eigenvalue weighted by atomic mass is 9.96. The Morgan fingerprint density at radius 3 is 2.64 bits per heavy atom. The maximum absolute atomic E-state index is 12.9. The molecule has 0 saturated carbocycles. The van der Waals surface area contributed by atoms with E-state index in [4.69, 9.17) is 16.3 Å². The molecule has 7 heteroatoms. The number of carbonyl (C=O) groups excluding carboxylic acids is 1. The molecule has 0 bridgehead atoms. The van der Waals surface area contributed by atoms with Crippen LogP contribution in [0.15, 0.2) is 54.1 Å². The molecule has 1 amide bonds. The molecule has 0 spiro atoms. The van der Waals surface area contributed by atoms with Crippen LogP contribution in [0, 0.1) is 22.7 Å². The zero-order valence-electron chi connectivity index (χ0n) is 17.7. The van der Waals surface area contributed by atoms with Crippen molar-refractivity contribution < 1.29 is 9.53 Å². The molecular formula is C26H20ClN3O2S. The van der Waals surface area contributed by atoms with Gasteiger partial charge in [0.05, 0.1) is 5.56 Å². The van der Waals surface area contributed by atoms with Crippen LogP contribution in [0.3, 0.4) is 0 Å². The molecule has 1 aromatic heterocycles. The van der Waals surface area contributed by atoms with Crippen LogP contribution >= 0.6 is 22.9 Å². The summed E-state index contributed by atoms with van der Waals surface area (Å²) >= 11 is 7.36. The Hall–Kier alpha value is -3.58. The first kappa shape index (κ1) is 22.6. The number of anilines is 1. The SMILES string of the molecule is N#C/C(=C\c1ccccc1OCc1ccc(Cl)cc1)C(=O)Nc1sc2c(c1C#N)CCCC2. The first-order chi connectivity index (χ1) is 16.1. The van der Waals surface area contributed by atoms with Crippen molar-refractivity contribution >= 4 is 39.9 Å². The van der Waals surface area contributed by atoms with Gasteiger partial charge in [0, 0.05) is 15.5 Å². The Bertz CT molecular complexity index is 1300. The van der Waals surface area contributed by atoms with Crippen LogP contribution in [0.2, 0.25) is 5.02 Å². The highest BCUT2D eigenvalue weighted by Gasteiger charge is 2.22. The maximum atomic E-state index is 12.9. The van der Waals surface area contributed by atoms with Crippen molar-refractivity contribution in [2.45, 2.75) is 32.3 Å². The number of ether oxygens (including phenoxy) is 1. The summed E-state index contributed by atoms with van der Waals surface area (Å²) in [5, 5.41) is 23.2. The van der Waals surface area contributed by atoms with E-state index >= 15 is 0 Å². The minimum Gasteiger partial charge on any atom is -0.488 e. The minimum absolute atomic E-state index is 0.0622. The first-order valence-corrected chi connectivity index (χ1v) is 11.7. The first-order valence-electron chi connectivity index (χ1n) is 10.5. The summed E-state index contributed by atoms with van der Waals surface area (Å²) in [5.74, 6) is 0.0115. The van der Waals surface area contributed by atoms with Gasteiger partial charge in [0.1, 0.15) is 35.1 Å². The Labute approximate surface area is 201 Å². The van der Waals surface area contributed by atoms with Gasteiger partial charge in [0.25, 0.3) is 5.91 Å². The van der Waals surface area contributed by atoms with Gasteiger partial charge in [-0.3, -0.25) is 4.79 Å². The van der Waals surface area contributed by atoms with Crippen molar-refractivity contribution in [3.63, 3.8) is 0 Å². The second-order valence-corrected chi connectivity index (χ2v) is 9.15. The summed E-state index contributed by atoms with van der Waals surface area (Å²) in [6, 6.07) is 18.8. The lowest BCUT2D eigenvalue weighted by molar-refractivity contribution is -0.112. The van der Waals surface area contributed by atoms with E-state index in [0.717, 1.165) is 41.7 Å². The Balaban J connectivity index is 1.54. The predicted octanol–water partition coefficient (Wildman–Crippen LogP) is 6.28. The van der Waals surface area contributed by atoms with E-state index in [-0.39, 0.29) is 5.57 Å². The van der Waals surface area contributed by atoms with Gasteiger partial charge in [-0.15, -0.1) is 11.3 Å². The molecule has 5 nitrogen and oxygen atoms in total. The Kier molecular flexibility index (Phi) is 7.10. The molecule has 1 aliphatic rings. The third-order valence-corrected chi connectivity index (χ3v) is 6.86. The molecule has 1 aliphatic carbocycles. The standard InChI is InChI=1S/C26H20ClN3O2S/c27-20-11-9-17(10-12-20)16-32-23-7-3-1-5-18(23)13-19(14-28)25(31)30-26-22(15-29)21-6-2-4-8-24(21)33-26/h1,3,5,7,9-13H,2,4,6,8,16H2,(H,30,31)/b19-13+. The molecule has 0 saturated heterocycles. The Morgan fingerprint density at radius 1 is 1.12 bits per heavy atom. The third kappa shape index (κ3) is 5.26. The highest BCUT2D eigenvalue weighted by Crippen LogP contribution is 2.37. The molecule has 0 atom stereocenters. The average molecular weight is 474 g/mol. The number of hydrogen-bond acceptors (Lipinski definition) is 5. The van der Waals surface area contributed by atoms with Crippen LogP contribution in [0.1, 0.15) is 40.0 Å². The van der Waals surface area contributed by atoms with Crippen molar-refractivity contribution in [3.8, 4) is 17.9 Å². The van der Waals surface area contributed by atoms with E-state index in [2.05, 4.69) is 11.4 Å². The van der Waals surface area contributed by atoms with Crippen LogP contribution in [0.5, 0.6) is 5.75 Å². The number of benzene rings is 2. The second-order valence-electron chi connectivity index (χ2n) is 7.60. The number of halogens is 1. The number of thiophene rings is 1. The zero-order valence-corrected chi connectivity index (χ0v) is 19.3. The van der Waals surface area contributed by atoms with Crippen molar-refractivity contribution in [3.05, 3.63) is 86.3 Å². The predicted molar refractivity (Wildman–Crippen MR) is 130 cm³/mol. The van der Waals surface area contributed by atoms with E-state index < -0.39 is 5.91 Å². The number of nitriles is 2. The number of nitrogens with one attached hydrogen (secondary N) is 1. The molecular weight excluding hydrogens is 454 g/mol. The van der Waals surface area contributed by atoms with Crippen LogP contribution in [0.25, 0.3) is 6.08 Å². The second kappa shape index (κ2) is 10.4. The molecule has 164 valence electrons. The van der Waals surface area contributed by atoms with E-state index in [9.17, 15) is 15.3 Å². The molecule has 1 heterocycles. The molecule has 3 aromatic rings. The quantitative estimate of drug-likeness (QED) is 0.337. The Morgan fingerprint density at radius 2 is 1.88 bits per heavy atom. The molecule has 33 heavy (non-hydrogen) atoms. The van der Waals surface area contributed by atoms with Gasteiger partial charge in [0.2, 0.25) is 0 Å². The monoisotopic (exact) mass is 473 g/mol. The summed E-state index contributed by atoms with van der Waals surface area (Å²) in [4.78, 5) is 14.0. The number of nitrogens with zero attached hydrogens (tertiary/aromatic N) is 2. The molecule has 2 aromatic carbocycles. The van der Waals surface area contributed by atoms with Gasteiger partial charge in [-0.2, -0.15) is 10.5 Å². The van der Waals surface area contributed by atoms with Gasteiger partial charge >= 0.3 is 0 Å². The lowest BCUT2D eigenvalue weighted by Crippen LogP contribution is -2.13. The smallest absolute Gasteiger partial charge is 0.266 e. The molecule has 0 unspecified atom stereocenters. The molecule has 0 radical (unpaired) electrons. The fraction of sp³-hybridized carbons (Fsp3) is 0.192. The fourth-order valence-electron chi connectivity index (χ4n) is 3.72. The van der Waals surface area contributed by atoms with E-state index in [0.29, 0.717) is 33.5 Å². The van der Waals surface area contributed by atoms with Gasteiger partial charge < -0.3 is 10.1 Å². The summed E-state index contributed by atoms with van der Waals surface area (Å²) in [7, 11) is 0. The topological polar surface area (TPSA) is 85.9 Å². The molecule has 4 rings (SSSR count). The van der Waals surface area contributed by atoms with Crippen LogP contribution in [-0.4, -0.2) is 5.91 Å². The number of amides is 1. The van der Waals surface area contributed by atoms with Gasteiger partial charge in [0.15, 0.2) is 0 Å². The largest absolute Gasteiger partial charge is 0.488 e. The number of para-hydroxylation sites is 1.